The quantitative estimate of drug-likeness (QED) is 0.252. The average molecular weight is 164 g/mol. The SMILES string of the molecule is CCOC(=O)OC(=O)C(=O)F. The van der Waals surface area contributed by atoms with Gasteiger partial charge < -0.3 is 9.47 Å². The summed E-state index contributed by atoms with van der Waals surface area (Å²) in [7, 11) is 0. The first-order valence-corrected chi connectivity index (χ1v) is 2.66. The van der Waals surface area contributed by atoms with E-state index in [1.54, 1.807) is 0 Å². The molecule has 0 aliphatic carbocycles. The fraction of sp³-hybridized carbons (Fsp3) is 0.400. The third-order valence-corrected chi connectivity index (χ3v) is 0.599. The minimum atomic E-state index is -2.34. The van der Waals surface area contributed by atoms with Crippen molar-refractivity contribution >= 4 is 18.2 Å². The van der Waals surface area contributed by atoms with E-state index in [0.717, 1.165) is 0 Å². The first-order chi connectivity index (χ1) is 5.07. The lowest BCUT2D eigenvalue weighted by Gasteiger charge is -1.97. The summed E-state index contributed by atoms with van der Waals surface area (Å²) in [5, 5.41) is 0. The largest absolute Gasteiger partial charge is 0.516 e. The first kappa shape index (κ1) is 9.54. The van der Waals surface area contributed by atoms with Crippen LogP contribution in [0.4, 0.5) is 9.18 Å². The number of rotatable bonds is 2. The smallest absolute Gasteiger partial charge is 0.434 e. The van der Waals surface area contributed by atoms with Gasteiger partial charge in [0.1, 0.15) is 0 Å². The maximum absolute atomic E-state index is 11.4. The molecule has 0 spiro atoms. The number of carbonyl (C=O) groups excluding carboxylic acids is 3. The Morgan fingerprint density at radius 3 is 2.27 bits per heavy atom. The van der Waals surface area contributed by atoms with Crippen molar-refractivity contribution in [2.24, 2.45) is 0 Å². The van der Waals surface area contributed by atoms with Gasteiger partial charge in [0.25, 0.3) is 0 Å². The van der Waals surface area contributed by atoms with E-state index in [1.165, 1.54) is 6.92 Å². The van der Waals surface area contributed by atoms with Gasteiger partial charge in [-0.05, 0) is 6.92 Å². The van der Waals surface area contributed by atoms with E-state index in [1.807, 2.05) is 0 Å². The minimum Gasteiger partial charge on any atom is -0.434 e. The second-order valence-corrected chi connectivity index (χ2v) is 1.35. The fourth-order valence-corrected chi connectivity index (χ4v) is 0.263. The van der Waals surface area contributed by atoms with Crippen molar-refractivity contribution in [3.8, 4) is 0 Å². The summed E-state index contributed by atoms with van der Waals surface area (Å²) in [5.74, 6) is -1.87. The Bertz CT molecular complexity index is 187. The lowest BCUT2D eigenvalue weighted by atomic mass is 10.7. The van der Waals surface area contributed by atoms with E-state index in [2.05, 4.69) is 9.47 Å². The Labute approximate surface area is 61.1 Å². The highest BCUT2D eigenvalue weighted by Gasteiger charge is 2.18. The van der Waals surface area contributed by atoms with Crippen LogP contribution in [0.3, 0.4) is 0 Å². The second kappa shape index (κ2) is 4.37. The molecule has 0 aliphatic heterocycles. The van der Waals surface area contributed by atoms with Gasteiger partial charge in [-0.2, -0.15) is 4.39 Å². The van der Waals surface area contributed by atoms with E-state index >= 15 is 0 Å². The van der Waals surface area contributed by atoms with Crippen LogP contribution in [0.15, 0.2) is 0 Å². The summed E-state index contributed by atoms with van der Waals surface area (Å²) in [4.78, 5) is 29.7. The fourth-order valence-electron chi connectivity index (χ4n) is 0.263. The normalized spacial score (nSPS) is 8.55. The van der Waals surface area contributed by atoms with E-state index in [-0.39, 0.29) is 6.61 Å². The molecule has 0 aromatic heterocycles. The lowest BCUT2D eigenvalue weighted by Crippen LogP contribution is -2.18. The third-order valence-electron chi connectivity index (χ3n) is 0.599. The molecule has 5 nitrogen and oxygen atoms in total. The summed E-state index contributed by atoms with van der Waals surface area (Å²) in [6.45, 7) is 1.44. The molecule has 11 heavy (non-hydrogen) atoms. The van der Waals surface area contributed by atoms with Crippen molar-refractivity contribution in [2.75, 3.05) is 6.61 Å². The molecule has 0 unspecified atom stereocenters. The van der Waals surface area contributed by atoms with Crippen LogP contribution in [0.2, 0.25) is 0 Å². The van der Waals surface area contributed by atoms with Gasteiger partial charge in [-0.15, -0.1) is 0 Å². The van der Waals surface area contributed by atoms with E-state index in [9.17, 15) is 18.8 Å². The van der Waals surface area contributed by atoms with Crippen LogP contribution in [0.5, 0.6) is 0 Å². The van der Waals surface area contributed by atoms with E-state index < -0.39 is 18.2 Å². The van der Waals surface area contributed by atoms with E-state index in [4.69, 9.17) is 0 Å². The van der Waals surface area contributed by atoms with Crippen LogP contribution >= 0.6 is 0 Å². The number of carbonyl (C=O) groups is 3. The molecule has 0 aromatic carbocycles. The van der Waals surface area contributed by atoms with Gasteiger partial charge in [-0.25, -0.2) is 14.4 Å². The molecule has 0 amide bonds. The summed E-state index contributed by atoms with van der Waals surface area (Å²) < 4.78 is 19.0. The maximum Gasteiger partial charge on any atom is 0.516 e. The zero-order valence-corrected chi connectivity index (χ0v) is 5.63. The van der Waals surface area contributed by atoms with Crippen molar-refractivity contribution in [1.82, 2.24) is 0 Å². The number of halogens is 1. The van der Waals surface area contributed by atoms with Crippen LogP contribution < -0.4 is 0 Å². The Morgan fingerprint density at radius 2 is 1.91 bits per heavy atom. The van der Waals surface area contributed by atoms with Gasteiger partial charge in [-0.1, -0.05) is 0 Å². The number of hydrogen-bond acceptors (Lipinski definition) is 5. The van der Waals surface area contributed by atoms with Crippen molar-refractivity contribution < 1.29 is 28.2 Å². The monoisotopic (exact) mass is 164 g/mol. The maximum atomic E-state index is 11.4. The molecule has 0 saturated heterocycles. The average Bonchev–Trinajstić information content (AvgIpc) is 1.87. The molecule has 0 bridgehead atoms. The van der Waals surface area contributed by atoms with Crippen LogP contribution in [0.1, 0.15) is 6.92 Å². The number of hydrogen-bond donors (Lipinski definition) is 0. The molecule has 0 saturated carbocycles. The summed E-state index contributed by atoms with van der Waals surface area (Å²) in [6.07, 6.45) is -1.39. The molecule has 0 fully saturated rings. The standard InChI is InChI=1S/C5H5FO5/c1-2-10-5(9)11-4(8)3(6)7/h2H2,1H3. The Kier molecular flexibility index (Phi) is 3.79. The molecule has 62 valence electrons. The van der Waals surface area contributed by atoms with Gasteiger partial charge in [-0.3, -0.25) is 0 Å². The van der Waals surface area contributed by atoms with Crippen LogP contribution in [-0.2, 0) is 19.1 Å². The highest BCUT2D eigenvalue weighted by atomic mass is 19.1. The van der Waals surface area contributed by atoms with Crippen molar-refractivity contribution in [1.29, 1.82) is 0 Å². The van der Waals surface area contributed by atoms with Crippen molar-refractivity contribution in [2.45, 2.75) is 6.92 Å². The van der Waals surface area contributed by atoms with Gasteiger partial charge in [0.15, 0.2) is 0 Å². The first-order valence-electron chi connectivity index (χ1n) is 2.66. The van der Waals surface area contributed by atoms with Gasteiger partial charge >= 0.3 is 18.2 Å². The second-order valence-electron chi connectivity index (χ2n) is 1.35. The highest BCUT2D eigenvalue weighted by Crippen LogP contribution is 1.87. The molecule has 6 heteroatoms. The molecule has 0 heterocycles. The lowest BCUT2D eigenvalue weighted by molar-refractivity contribution is -0.156. The minimum absolute atomic E-state index is 0.0212. The topological polar surface area (TPSA) is 69.7 Å². The highest BCUT2D eigenvalue weighted by molar-refractivity contribution is 6.30. The third kappa shape index (κ3) is 4.01. The molecule has 0 aromatic rings. The Balaban J connectivity index is 3.76. The number of ether oxygens (including phenoxy) is 2. The van der Waals surface area contributed by atoms with Gasteiger partial charge in [0, 0.05) is 0 Å². The Morgan fingerprint density at radius 1 is 1.36 bits per heavy atom. The molecule has 0 radical (unpaired) electrons. The van der Waals surface area contributed by atoms with Crippen LogP contribution in [-0.4, -0.2) is 24.8 Å². The summed E-state index contributed by atoms with van der Waals surface area (Å²) in [6, 6.07) is -2.34. The molecule has 0 aliphatic rings. The molecule has 0 rings (SSSR count). The molecule has 0 N–H and O–H groups in total. The van der Waals surface area contributed by atoms with Crippen molar-refractivity contribution in [3.05, 3.63) is 0 Å². The molecular formula is C5H5FO5. The predicted octanol–water partition coefficient (Wildman–Crippen LogP) is 0.182. The van der Waals surface area contributed by atoms with Crippen molar-refractivity contribution in [3.63, 3.8) is 0 Å². The zero-order valence-electron chi connectivity index (χ0n) is 5.63. The summed E-state index contributed by atoms with van der Waals surface area (Å²) in [5.41, 5.74) is 0. The van der Waals surface area contributed by atoms with Gasteiger partial charge in [0.2, 0.25) is 0 Å². The Hall–Kier alpha value is -1.46. The number of esters is 1. The molecular weight excluding hydrogens is 159 g/mol. The zero-order chi connectivity index (χ0) is 8.85. The predicted molar refractivity (Wildman–Crippen MR) is 29.2 cm³/mol. The van der Waals surface area contributed by atoms with Gasteiger partial charge in [0.05, 0.1) is 6.61 Å². The van der Waals surface area contributed by atoms with E-state index in [0.29, 0.717) is 0 Å². The summed E-state index contributed by atoms with van der Waals surface area (Å²) >= 11 is 0. The van der Waals surface area contributed by atoms with Crippen LogP contribution in [0.25, 0.3) is 0 Å². The van der Waals surface area contributed by atoms with Crippen LogP contribution in [0, 0.1) is 0 Å². The molecule has 0 atom stereocenters.